The number of nitro benzene ring substituents is 1. The van der Waals surface area contributed by atoms with Crippen molar-refractivity contribution in [2.75, 3.05) is 87.3 Å². The Morgan fingerprint density at radius 1 is 0.673 bits per heavy atom. The van der Waals surface area contributed by atoms with Crippen LogP contribution in [0.1, 0.15) is 38.5 Å². The number of amides is 2. The quantitative estimate of drug-likeness (QED) is 0.0313. The molecule has 52 heavy (non-hydrogen) atoms. The largest absolute Gasteiger partial charge is 0.469 e. The van der Waals surface area contributed by atoms with E-state index in [2.05, 4.69) is 29.6 Å². The summed E-state index contributed by atoms with van der Waals surface area (Å²) in [5.74, 6) is -2.35. The van der Waals surface area contributed by atoms with Crippen molar-refractivity contribution in [3.05, 3.63) is 34.4 Å². The van der Waals surface area contributed by atoms with Crippen LogP contribution in [0.15, 0.2) is 29.2 Å². The number of benzene rings is 1. The number of ether oxygens (including phenoxy) is 7. The number of non-ortho nitro benzene ring substituents is 1. The molecule has 1 rings (SSSR count). The molecule has 0 unspecified atom stereocenters. The summed E-state index contributed by atoms with van der Waals surface area (Å²) in [6, 6.07) is 4.39. The Morgan fingerprint density at radius 2 is 1.15 bits per heavy atom. The van der Waals surface area contributed by atoms with Gasteiger partial charge in [-0.3, -0.25) is 34.1 Å². The number of hydrogen-bond acceptors (Lipinski definition) is 16. The van der Waals surface area contributed by atoms with Crippen LogP contribution >= 0.6 is 0 Å². The molecule has 294 valence electrons. The molecule has 3 N–H and O–H groups in total. The standard InChI is InChI=1S/C31H48N4O16S/c1-45-28(38)11-17-49-21-31(22-50-18-12-29(39)46-2,23-51-19-13-30(40)47-3)34-27(37)10-16-48-20-15-32-26(36)5-4-14-33-52(43,44)25-8-6-24(7-9-25)35(41)42/h6-9,33H,4-5,10-23H2,1-3H3,(H,32,36)(H,34,37). The van der Waals surface area contributed by atoms with Crippen molar-refractivity contribution in [2.45, 2.75) is 49.0 Å². The minimum absolute atomic E-state index is 0.0123. The summed E-state index contributed by atoms with van der Waals surface area (Å²) < 4.78 is 63.3. The first-order valence-corrected chi connectivity index (χ1v) is 17.6. The Kier molecular flexibility index (Phi) is 22.6. The molecule has 1 aromatic carbocycles. The zero-order valence-electron chi connectivity index (χ0n) is 29.5. The topological polar surface area (TPSA) is 263 Å². The minimum atomic E-state index is -3.91. The van der Waals surface area contributed by atoms with Crippen LogP contribution in [0.3, 0.4) is 0 Å². The van der Waals surface area contributed by atoms with E-state index < -0.39 is 44.3 Å². The summed E-state index contributed by atoms with van der Waals surface area (Å²) in [4.78, 5) is 69.7. The van der Waals surface area contributed by atoms with E-state index in [1.807, 2.05) is 0 Å². The zero-order chi connectivity index (χ0) is 38.8. The summed E-state index contributed by atoms with van der Waals surface area (Å²) in [5, 5.41) is 16.2. The highest BCUT2D eigenvalue weighted by molar-refractivity contribution is 7.89. The van der Waals surface area contributed by atoms with E-state index >= 15 is 0 Å². The lowest BCUT2D eigenvalue weighted by atomic mass is 10.0. The van der Waals surface area contributed by atoms with Crippen LogP contribution in [-0.4, -0.2) is 136 Å². The molecule has 2 amide bonds. The van der Waals surface area contributed by atoms with Crippen LogP contribution in [0.5, 0.6) is 0 Å². The van der Waals surface area contributed by atoms with Crippen LogP contribution in [0, 0.1) is 10.1 Å². The third-order valence-electron chi connectivity index (χ3n) is 6.85. The van der Waals surface area contributed by atoms with Gasteiger partial charge in [-0.25, -0.2) is 13.1 Å². The Balaban J connectivity index is 2.57. The molecule has 0 radical (unpaired) electrons. The maximum atomic E-state index is 13.0. The average molecular weight is 765 g/mol. The smallest absolute Gasteiger partial charge is 0.307 e. The molecule has 0 aliphatic carbocycles. The maximum Gasteiger partial charge on any atom is 0.307 e. The van der Waals surface area contributed by atoms with E-state index in [4.69, 9.17) is 18.9 Å². The first-order valence-electron chi connectivity index (χ1n) is 16.1. The summed E-state index contributed by atoms with van der Waals surface area (Å²) in [6.45, 7) is -0.507. The molecular weight excluding hydrogens is 716 g/mol. The van der Waals surface area contributed by atoms with Crippen LogP contribution < -0.4 is 15.4 Å². The molecule has 0 spiro atoms. The number of nitrogens with zero attached hydrogens (tertiary/aromatic N) is 1. The fourth-order valence-electron chi connectivity index (χ4n) is 4.07. The molecule has 0 saturated heterocycles. The molecule has 0 aromatic heterocycles. The van der Waals surface area contributed by atoms with Gasteiger partial charge in [0, 0.05) is 38.1 Å². The lowest BCUT2D eigenvalue weighted by Gasteiger charge is -2.34. The molecule has 0 atom stereocenters. The normalized spacial score (nSPS) is 11.4. The number of esters is 3. The highest BCUT2D eigenvalue weighted by Gasteiger charge is 2.34. The number of carbonyl (C=O) groups is 5. The zero-order valence-corrected chi connectivity index (χ0v) is 30.3. The first kappa shape index (κ1) is 45.7. The van der Waals surface area contributed by atoms with Crippen LogP contribution in [-0.2, 0) is 67.2 Å². The minimum Gasteiger partial charge on any atom is -0.469 e. The van der Waals surface area contributed by atoms with Gasteiger partial charge >= 0.3 is 17.9 Å². The van der Waals surface area contributed by atoms with Crippen molar-refractivity contribution >= 4 is 45.4 Å². The predicted molar refractivity (Wildman–Crippen MR) is 179 cm³/mol. The fraction of sp³-hybridized carbons (Fsp3) is 0.645. The summed E-state index contributed by atoms with van der Waals surface area (Å²) >= 11 is 0. The Labute approximate surface area is 301 Å². The number of carbonyl (C=O) groups excluding carboxylic acids is 5. The average Bonchev–Trinajstić information content (AvgIpc) is 3.13. The molecule has 0 aliphatic heterocycles. The first-order chi connectivity index (χ1) is 24.8. The van der Waals surface area contributed by atoms with E-state index in [1.165, 1.54) is 21.3 Å². The summed E-state index contributed by atoms with van der Waals surface area (Å²) in [7, 11) is -0.204. The van der Waals surface area contributed by atoms with Crippen molar-refractivity contribution in [2.24, 2.45) is 0 Å². The Hall–Kier alpha value is -4.28. The Bertz CT molecular complexity index is 1330. The van der Waals surface area contributed by atoms with Gasteiger partial charge in [0.2, 0.25) is 21.8 Å². The molecule has 1 aromatic rings. The summed E-state index contributed by atoms with van der Waals surface area (Å²) in [5.41, 5.74) is -1.55. The van der Waals surface area contributed by atoms with Crippen LogP contribution in [0.4, 0.5) is 5.69 Å². The number of nitro groups is 1. The third-order valence-corrected chi connectivity index (χ3v) is 8.32. The number of rotatable bonds is 29. The summed E-state index contributed by atoms with van der Waals surface area (Å²) in [6.07, 6.45) is -0.0807. The molecular formula is C31H48N4O16S. The second kappa shape index (κ2) is 25.6. The molecule has 20 nitrogen and oxygen atoms in total. The third kappa shape index (κ3) is 19.9. The van der Waals surface area contributed by atoms with Gasteiger partial charge in [0.1, 0.15) is 5.54 Å². The number of methoxy groups -OCH3 is 3. The lowest BCUT2D eigenvalue weighted by Crippen LogP contribution is -2.59. The van der Waals surface area contributed by atoms with Gasteiger partial charge in [0.05, 0.1) is 103 Å². The van der Waals surface area contributed by atoms with Crippen molar-refractivity contribution in [1.82, 2.24) is 15.4 Å². The van der Waals surface area contributed by atoms with Crippen molar-refractivity contribution in [1.29, 1.82) is 0 Å². The molecule has 0 fully saturated rings. The van der Waals surface area contributed by atoms with E-state index in [1.54, 1.807) is 0 Å². The highest BCUT2D eigenvalue weighted by Crippen LogP contribution is 2.16. The second-order valence-corrected chi connectivity index (χ2v) is 12.7. The SMILES string of the molecule is COC(=O)CCOCC(COCCC(=O)OC)(COCCC(=O)OC)NC(=O)CCOCCNC(=O)CCCNS(=O)(=O)c1ccc([N+](=O)[O-])cc1. The number of nitrogens with one attached hydrogen (secondary N) is 3. The van der Waals surface area contributed by atoms with Crippen molar-refractivity contribution in [3.63, 3.8) is 0 Å². The number of hydrogen-bond donors (Lipinski definition) is 3. The van der Waals surface area contributed by atoms with E-state index in [0.29, 0.717) is 0 Å². The van der Waals surface area contributed by atoms with Gasteiger partial charge in [0.15, 0.2) is 0 Å². The van der Waals surface area contributed by atoms with Gasteiger partial charge in [-0.2, -0.15) is 0 Å². The second-order valence-electron chi connectivity index (χ2n) is 10.9. The molecule has 21 heteroatoms. The molecule has 0 bridgehead atoms. The molecule has 0 heterocycles. The highest BCUT2D eigenvalue weighted by atomic mass is 32.2. The van der Waals surface area contributed by atoms with Gasteiger partial charge in [-0.15, -0.1) is 0 Å². The van der Waals surface area contributed by atoms with Gasteiger partial charge in [-0.05, 0) is 18.6 Å². The molecule has 0 saturated carbocycles. The lowest BCUT2D eigenvalue weighted by molar-refractivity contribution is -0.384. The van der Waals surface area contributed by atoms with Crippen LogP contribution in [0.2, 0.25) is 0 Å². The van der Waals surface area contributed by atoms with Crippen molar-refractivity contribution < 1.29 is 70.5 Å². The van der Waals surface area contributed by atoms with E-state index in [-0.39, 0.29) is 121 Å². The van der Waals surface area contributed by atoms with Gasteiger partial charge < -0.3 is 43.8 Å². The van der Waals surface area contributed by atoms with E-state index in [0.717, 1.165) is 24.3 Å². The van der Waals surface area contributed by atoms with Gasteiger partial charge in [0.25, 0.3) is 5.69 Å². The Morgan fingerprint density at radius 3 is 1.62 bits per heavy atom. The fourth-order valence-corrected chi connectivity index (χ4v) is 5.14. The molecule has 0 aliphatic rings. The van der Waals surface area contributed by atoms with Crippen molar-refractivity contribution in [3.8, 4) is 0 Å². The maximum absolute atomic E-state index is 13.0. The van der Waals surface area contributed by atoms with Gasteiger partial charge in [-0.1, -0.05) is 0 Å². The monoisotopic (exact) mass is 764 g/mol. The predicted octanol–water partition coefficient (Wildman–Crippen LogP) is -0.230. The van der Waals surface area contributed by atoms with Crippen LogP contribution in [0.25, 0.3) is 0 Å². The van der Waals surface area contributed by atoms with E-state index in [9.17, 15) is 42.5 Å². The number of sulfonamides is 1.